The molecule has 2 N–H and O–H groups in total. The van der Waals surface area contributed by atoms with E-state index in [0.717, 1.165) is 116 Å². The first kappa shape index (κ1) is 49.7. The zero-order valence-corrected chi connectivity index (χ0v) is 38.2. The van der Waals surface area contributed by atoms with Gasteiger partial charge in [-0.3, -0.25) is 9.59 Å². The molecule has 0 bridgehead atoms. The molecule has 69 heavy (non-hydrogen) atoms. The first-order valence-corrected chi connectivity index (χ1v) is 21.8. The number of aromatic nitrogens is 4. The number of anilines is 4. The van der Waals surface area contributed by atoms with Gasteiger partial charge >= 0.3 is 12.7 Å². The molecule has 366 valence electrons. The third-order valence-corrected chi connectivity index (χ3v) is 11.0. The van der Waals surface area contributed by atoms with E-state index in [-0.39, 0.29) is 36.2 Å². The SMILES string of the molecule is Cc1nc(N2CCCN(C)CC2)nc2ccc(NC(=O)COc3ccc(OC(F)(F)F)cc3)cc12.Cc1nc(N2CCN(C)CC2)nc2ccc(NC(=O)COc3ccc(OC(F)(F)F)cc3)cc12. The van der Waals surface area contributed by atoms with Gasteiger partial charge in [0.05, 0.1) is 22.4 Å². The first-order chi connectivity index (χ1) is 32.8. The Morgan fingerprint density at radius 3 is 1.30 bits per heavy atom. The second-order valence-electron chi connectivity index (χ2n) is 16.3. The Morgan fingerprint density at radius 1 is 0.522 bits per heavy atom. The van der Waals surface area contributed by atoms with E-state index < -0.39 is 24.5 Å². The fraction of sp³-hybridized carbons (Fsp3) is 0.362. The summed E-state index contributed by atoms with van der Waals surface area (Å²) in [4.78, 5) is 52.3. The molecule has 2 amide bonds. The highest BCUT2D eigenvalue weighted by atomic mass is 19.4. The number of carbonyl (C=O) groups is 2. The van der Waals surface area contributed by atoms with Gasteiger partial charge in [0.15, 0.2) is 13.2 Å². The molecule has 2 aromatic heterocycles. The number of rotatable bonds is 12. The minimum atomic E-state index is -4.77. The summed E-state index contributed by atoms with van der Waals surface area (Å²) in [5.74, 6) is 0.334. The minimum Gasteiger partial charge on any atom is -0.484 e. The topological polar surface area (TPSA) is 160 Å². The summed E-state index contributed by atoms with van der Waals surface area (Å²) in [7, 11) is 4.20. The van der Waals surface area contributed by atoms with E-state index in [9.17, 15) is 35.9 Å². The number of hydrogen-bond acceptors (Lipinski definition) is 14. The Balaban J connectivity index is 0.000000204. The minimum absolute atomic E-state index is 0.240. The van der Waals surface area contributed by atoms with Gasteiger partial charge in [-0.15, -0.1) is 26.3 Å². The Morgan fingerprint density at radius 2 is 0.899 bits per heavy atom. The quantitative estimate of drug-likeness (QED) is 0.116. The molecule has 0 radical (unpaired) electrons. The molecular weight excluding hydrogens is 915 g/mol. The van der Waals surface area contributed by atoms with Gasteiger partial charge in [-0.05, 0) is 126 Å². The van der Waals surface area contributed by atoms with Crippen LogP contribution in [0.15, 0.2) is 84.9 Å². The smallest absolute Gasteiger partial charge is 0.484 e. The van der Waals surface area contributed by atoms with Crippen LogP contribution in [0.4, 0.5) is 49.6 Å². The summed E-state index contributed by atoms with van der Waals surface area (Å²) in [6.07, 6.45) is -8.48. The maximum atomic E-state index is 12.3. The number of fused-ring (bicyclic) bond motifs is 2. The summed E-state index contributed by atoms with van der Waals surface area (Å²) in [5.41, 5.74) is 4.34. The van der Waals surface area contributed by atoms with Crippen LogP contribution in [-0.2, 0) is 9.59 Å². The fourth-order valence-electron chi connectivity index (χ4n) is 7.39. The molecule has 2 saturated heterocycles. The molecule has 0 unspecified atom stereocenters. The van der Waals surface area contributed by atoms with Crippen LogP contribution >= 0.6 is 0 Å². The van der Waals surface area contributed by atoms with Crippen molar-refractivity contribution in [1.29, 1.82) is 0 Å². The number of amides is 2. The number of benzene rings is 4. The van der Waals surface area contributed by atoms with Crippen LogP contribution in [0.25, 0.3) is 21.8 Å². The largest absolute Gasteiger partial charge is 0.573 e. The van der Waals surface area contributed by atoms with E-state index in [4.69, 9.17) is 19.4 Å². The molecule has 22 heteroatoms. The van der Waals surface area contributed by atoms with Crippen molar-refractivity contribution < 1.29 is 54.9 Å². The Kier molecular flexibility index (Phi) is 15.7. The lowest BCUT2D eigenvalue weighted by molar-refractivity contribution is -0.275. The van der Waals surface area contributed by atoms with Crippen LogP contribution in [0, 0.1) is 13.8 Å². The monoisotopic (exact) mass is 964 g/mol. The molecule has 8 rings (SSSR count). The summed E-state index contributed by atoms with van der Waals surface area (Å²) < 4.78 is 91.7. The zero-order chi connectivity index (χ0) is 49.3. The van der Waals surface area contributed by atoms with Gasteiger partial charge in [0, 0.05) is 68.0 Å². The van der Waals surface area contributed by atoms with Crippen LogP contribution < -0.4 is 39.4 Å². The van der Waals surface area contributed by atoms with Crippen LogP contribution in [0.3, 0.4) is 0 Å². The summed E-state index contributed by atoms with van der Waals surface area (Å²) in [6.45, 7) is 10.6. The molecule has 2 aliphatic rings. The van der Waals surface area contributed by atoms with Gasteiger partial charge in [0.25, 0.3) is 11.8 Å². The highest BCUT2D eigenvalue weighted by Crippen LogP contribution is 2.28. The normalized spacial score (nSPS) is 14.9. The van der Waals surface area contributed by atoms with E-state index in [0.29, 0.717) is 23.3 Å². The fourth-order valence-corrected chi connectivity index (χ4v) is 7.39. The van der Waals surface area contributed by atoms with E-state index >= 15 is 0 Å². The van der Waals surface area contributed by atoms with Crippen LogP contribution in [0.5, 0.6) is 23.0 Å². The second kappa shape index (κ2) is 21.8. The lowest BCUT2D eigenvalue weighted by atomic mass is 10.1. The average molecular weight is 965 g/mol. The van der Waals surface area contributed by atoms with E-state index in [1.807, 2.05) is 32.0 Å². The highest BCUT2D eigenvalue weighted by molar-refractivity contribution is 5.96. The lowest BCUT2D eigenvalue weighted by Crippen LogP contribution is -2.45. The van der Waals surface area contributed by atoms with Gasteiger partial charge < -0.3 is 49.2 Å². The Bertz CT molecular complexity index is 2720. The Labute approximate surface area is 393 Å². The Hall–Kier alpha value is -7.20. The van der Waals surface area contributed by atoms with Crippen molar-refractivity contribution in [2.45, 2.75) is 33.0 Å². The van der Waals surface area contributed by atoms with E-state index in [1.54, 1.807) is 18.2 Å². The van der Waals surface area contributed by atoms with Crippen molar-refractivity contribution in [1.82, 2.24) is 29.7 Å². The molecule has 0 atom stereocenters. The molecule has 0 spiro atoms. The number of likely N-dealkylation sites (N-methyl/N-ethyl adjacent to an activating group) is 2. The highest BCUT2D eigenvalue weighted by Gasteiger charge is 2.32. The van der Waals surface area contributed by atoms with Crippen LogP contribution in [0.1, 0.15) is 17.8 Å². The third-order valence-electron chi connectivity index (χ3n) is 11.0. The predicted molar refractivity (Wildman–Crippen MR) is 247 cm³/mol. The zero-order valence-electron chi connectivity index (χ0n) is 38.2. The van der Waals surface area contributed by atoms with Crippen molar-refractivity contribution in [3.05, 3.63) is 96.3 Å². The van der Waals surface area contributed by atoms with Crippen LogP contribution in [0.2, 0.25) is 0 Å². The molecule has 0 aliphatic carbocycles. The number of carbonyl (C=O) groups excluding carboxylic acids is 2. The molecule has 4 aromatic carbocycles. The van der Waals surface area contributed by atoms with Crippen molar-refractivity contribution in [2.75, 3.05) is 100 Å². The van der Waals surface area contributed by atoms with Gasteiger partial charge in [-0.25, -0.2) is 19.9 Å². The first-order valence-electron chi connectivity index (χ1n) is 21.8. The maximum Gasteiger partial charge on any atom is 0.573 e. The number of nitrogens with zero attached hydrogens (tertiary/aromatic N) is 8. The van der Waals surface area contributed by atoms with Gasteiger partial charge in [0.2, 0.25) is 11.9 Å². The number of piperazine rings is 1. The summed E-state index contributed by atoms with van der Waals surface area (Å²) in [5, 5.41) is 7.17. The number of alkyl halides is 6. The van der Waals surface area contributed by atoms with Gasteiger partial charge in [0.1, 0.15) is 23.0 Å². The van der Waals surface area contributed by atoms with Crippen molar-refractivity contribution in [2.24, 2.45) is 0 Å². The molecule has 16 nitrogen and oxygen atoms in total. The van der Waals surface area contributed by atoms with Crippen molar-refractivity contribution in [3.63, 3.8) is 0 Å². The number of ether oxygens (including phenoxy) is 4. The molecule has 4 heterocycles. The maximum absolute atomic E-state index is 12.3. The van der Waals surface area contributed by atoms with Gasteiger partial charge in [-0.2, -0.15) is 0 Å². The summed E-state index contributed by atoms with van der Waals surface area (Å²) >= 11 is 0. The standard InChI is InChI=1S/C24H26F3N5O3.C23H24F3N5O3/c1-16-20-14-17(4-9-21(20)30-23(28-16)32-11-3-10-31(2)12-13-32)29-22(33)15-34-18-5-7-19(8-6-18)35-24(25,26)27;1-15-19-13-16(3-8-20(19)29-22(27-15)31-11-9-30(2)10-12-31)28-21(32)14-33-17-4-6-18(7-5-17)34-23(24,25)26/h4-9,14H,3,10-13,15H2,1-2H3,(H,29,33);3-8,13H,9-12,14H2,1-2H3,(H,28,32). The number of nitrogens with one attached hydrogen (secondary N) is 2. The van der Waals surface area contributed by atoms with E-state index in [2.05, 4.69) is 63.8 Å². The summed E-state index contributed by atoms with van der Waals surface area (Å²) in [6, 6.07) is 20.4. The predicted octanol–water partition coefficient (Wildman–Crippen LogP) is 7.60. The lowest BCUT2D eigenvalue weighted by Gasteiger charge is -2.32. The molecule has 6 aromatic rings. The number of aryl methyl sites for hydroxylation is 2. The second-order valence-corrected chi connectivity index (χ2v) is 16.3. The number of hydrogen-bond donors (Lipinski definition) is 2. The van der Waals surface area contributed by atoms with E-state index in [1.165, 1.54) is 24.3 Å². The third kappa shape index (κ3) is 14.6. The molecule has 2 fully saturated rings. The molecule has 0 saturated carbocycles. The average Bonchev–Trinajstić information content (AvgIpc) is 3.52. The number of halogens is 6. The van der Waals surface area contributed by atoms with Crippen LogP contribution in [-0.4, -0.2) is 134 Å². The van der Waals surface area contributed by atoms with Gasteiger partial charge in [-0.1, -0.05) is 0 Å². The van der Waals surface area contributed by atoms with Crippen molar-refractivity contribution >= 4 is 56.9 Å². The molecular formula is C47H50F6N10O6. The van der Waals surface area contributed by atoms with Crippen molar-refractivity contribution in [3.8, 4) is 23.0 Å². The molecule has 2 aliphatic heterocycles.